The summed E-state index contributed by atoms with van der Waals surface area (Å²) in [5.74, 6) is 0. The Bertz CT molecular complexity index is 774. The van der Waals surface area contributed by atoms with Crippen molar-refractivity contribution >= 4 is 15.9 Å². The van der Waals surface area contributed by atoms with E-state index in [0.29, 0.717) is 13.0 Å². The Hall–Kier alpha value is -2.41. The van der Waals surface area contributed by atoms with E-state index < -0.39 is 9.84 Å². The number of carbonyl (C=O) groups excluding carboxylic acids is 1. The molecule has 2 rings (SSSR count). The average molecular weight is 347 g/mol. The first-order valence-corrected chi connectivity index (χ1v) is 9.49. The lowest BCUT2D eigenvalue weighted by Gasteiger charge is -2.15. The van der Waals surface area contributed by atoms with Crippen molar-refractivity contribution in [3.63, 3.8) is 0 Å². The summed E-state index contributed by atoms with van der Waals surface area (Å²) in [6.07, 6.45) is 3.54. The quantitative estimate of drug-likeness (QED) is 0.837. The molecule has 0 aliphatic rings. The predicted molar refractivity (Wildman–Crippen MR) is 92.4 cm³/mol. The van der Waals surface area contributed by atoms with Crippen LogP contribution in [0.4, 0.5) is 4.79 Å². The van der Waals surface area contributed by atoms with Crippen molar-refractivity contribution in [3.05, 3.63) is 59.9 Å². The van der Waals surface area contributed by atoms with Crippen molar-refractivity contribution in [3.8, 4) is 0 Å². The Morgan fingerprint density at radius 2 is 1.88 bits per heavy atom. The summed E-state index contributed by atoms with van der Waals surface area (Å²) in [5, 5.41) is 5.60. The summed E-state index contributed by atoms with van der Waals surface area (Å²) in [6, 6.07) is 11.7. The fourth-order valence-electron chi connectivity index (χ4n) is 2.18. The van der Waals surface area contributed by atoms with Crippen molar-refractivity contribution in [2.24, 2.45) is 0 Å². The first-order valence-electron chi connectivity index (χ1n) is 7.60. The number of pyridine rings is 1. The highest BCUT2D eigenvalue weighted by Gasteiger charge is 2.11. The lowest BCUT2D eigenvalue weighted by molar-refractivity contribution is 0.238. The van der Waals surface area contributed by atoms with Crippen molar-refractivity contribution in [1.29, 1.82) is 0 Å². The van der Waals surface area contributed by atoms with Crippen LogP contribution in [0, 0.1) is 0 Å². The van der Waals surface area contributed by atoms with E-state index in [1.165, 1.54) is 6.26 Å². The second-order valence-electron chi connectivity index (χ2n) is 5.53. The summed E-state index contributed by atoms with van der Waals surface area (Å²) in [6.45, 7) is 2.33. The zero-order valence-corrected chi connectivity index (χ0v) is 14.5. The average Bonchev–Trinajstić information content (AvgIpc) is 2.55. The van der Waals surface area contributed by atoms with Crippen LogP contribution in [0.25, 0.3) is 0 Å². The van der Waals surface area contributed by atoms with E-state index in [-0.39, 0.29) is 17.0 Å². The molecule has 0 spiro atoms. The van der Waals surface area contributed by atoms with Gasteiger partial charge in [0.1, 0.15) is 0 Å². The van der Waals surface area contributed by atoms with Crippen LogP contribution in [0.2, 0.25) is 0 Å². The number of hydrogen-bond donors (Lipinski definition) is 2. The third kappa shape index (κ3) is 5.34. The van der Waals surface area contributed by atoms with E-state index in [1.54, 1.807) is 30.5 Å². The fraction of sp³-hybridized carbons (Fsp3) is 0.294. The van der Waals surface area contributed by atoms with Gasteiger partial charge in [0.2, 0.25) is 0 Å². The predicted octanol–water partition coefficient (Wildman–Crippen LogP) is 2.09. The summed E-state index contributed by atoms with van der Waals surface area (Å²) in [4.78, 5) is 16.4. The molecule has 0 saturated heterocycles. The number of nitrogens with zero attached hydrogens (tertiary/aromatic N) is 1. The molecule has 24 heavy (non-hydrogen) atoms. The maximum atomic E-state index is 11.9. The van der Waals surface area contributed by atoms with Crippen molar-refractivity contribution in [2.75, 3.05) is 12.8 Å². The van der Waals surface area contributed by atoms with Gasteiger partial charge in [-0.1, -0.05) is 18.2 Å². The molecule has 0 fully saturated rings. The molecule has 0 aliphatic heterocycles. The number of urea groups is 1. The van der Waals surface area contributed by atoms with Crippen LogP contribution in [0.15, 0.2) is 53.6 Å². The largest absolute Gasteiger partial charge is 0.338 e. The molecule has 2 amide bonds. The van der Waals surface area contributed by atoms with Gasteiger partial charge in [0.15, 0.2) is 9.84 Å². The van der Waals surface area contributed by atoms with Crippen LogP contribution in [-0.2, 0) is 16.3 Å². The molecule has 7 heteroatoms. The normalized spacial score (nSPS) is 12.4. The van der Waals surface area contributed by atoms with Crippen LogP contribution in [-0.4, -0.2) is 32.2 Å². The molecule has 1 aromatic carbocycles. The van der Waals surface area contributed by atoms with Gasteiger partial charge >= 0.3 is 6.03 Å². The number of sulfone groups is 1. The first kappa shape index (κ1) is 17.9. The van der Waals surface area contributed by atoms with Crippen LogP contribution >= 0.6 is 0 Å². The molecule has 1 heterocycles. The Morgan fingerprint density at radius 1 is 1.17 bits per heavy atom. The number of aromatic nitrogens is 1. The number of rotatable bonds is 6. The minimum absolute atomic E-state index is 0.228. The second-order valence-corrected chi connectivity index (χ2v) is 7.55. The van der Waals surface area contributed by atoms with Gasteiger partial charge in [-0.2, -0.15) is 0 Å². The summed E-state index contributed by atoms with van der Waals surface area (Å²) in [7, 11) is -3.21. The van der Waals surface area contributed by atoms with Crippen LogP contribution < -0.4 is 10.6 Å². The highest BCUT2D eigenvalue weighted by atomic mass is 32.2. The standard InChI is InChI=1S/C17H21N3O3S/c1-13(14-6-8-16(9-7-14)24(2,22)23)20-17(21)19-12-10-15-5-3-4-11-18-15/h3-9,11,13H,10,12H2,1-2H3,(H2,19,20,21). The lowest BCUT2D eigenvalue weighted by atomic mass is 10.1. The maximum absolute atomic E-state index is 11.9. The van der Waals surface area contributed by atoms with Crippen LogP contribution in [0.5, 0.6) is 0 Å². The van der Waals surface area contributed by atoms with Gasteiger partial charge in [-0.05, 0) is 36.8 Å². The number of carbonyl (C=O) groups is 1. The highest BCUT2D eigenvalue weighted by molar-refractivity contribution is 7.90. The molecule has 128 valence electrons. The van der Waals surface area contributed by atoms with Gasteiger partial charge in [-0.15, -0.1) is 0 Å². The zero-order valence-electron chi connectivity index (χ0n) is 13.7. The monoisotopic (exact) mass is 347 g/mol. The van der Waals surface area contributed by atoms with E-state index in [1.807, 2.05) is 25.1 Å². The Balaban J connectivity index is 1.83. The van der Waals surface area contributed by atoms with Gasteiger partial charge < -0.3 is 10.6 Å². The molecule has 1 aromatic heterocycles. The molecule has 0 radical (unpaired) electrons. The van der Waals surface area contributed by atoms with E-state index in [9.17, 15) is 13.2 Å². The Labute approximate surface area is 142 Å². The number of amides is 2. The molecule has 1 unspecified atom stereocenters. The van der Waals surface area contributed by atoms with Crippen LogP contribution in [0.3, 0.4) is 0 Å². The molecular weight excluding hydrogens is 326 g/mol. The number of benzene rings is 1. The molecular formula is C17H21N3O3S. The maximum Gasteiger partial charge on any atom is 0.315 e. The van der Waals surface area contributed by atoms with Gasteiger partial charge in [0.25, 0.3) is 0 Å². The summed E-state index contributed by atoms with van der Waals surface area (Å²) in [5.41, 5.74) is 1.75. The zero-order chi connectivity index (χ0) is 17.6. The third-order valence-corrected chi connectivity index (χ3v) is 4.68. The SMILES string of the molecule is CC(NC(=O)NCCc1ccccn1)c1ccc(S(C)(=O)=O)cc1. The van der Waals surface area contributed by atoms with Crippen molar-refractivity contribution in [2.45, 2.75) is 24.3 Å². The minimum atomic E-state index is -3.21. The topological polar surface area (TPSA) is 88.2 Å². The first-order chi connectivity index (χ1) is 11.4. The molecule has 6 nitrogen and oxygen atoms in total. The van der Waals surface area contributed by atoms with Gasteiger partial charge in [0, 0.05) is 31.1 Å². The van der Waals surface area contributed by atoms with Gasteiger partial charge in [-0.25, -0.2) is 13.2 Å². The van der Waals surface area contributed by atoms with Crippen molar-refractivity contribution in [1.82, 2.24) is 15.6 Å². The highest BCUT2D eigenvalue weighted by Crippen LogP contribution is 2.16. The molecule has 0 bridgehead atoms. The summed E-state index contributed by atoms with van der Waals surface area (Å²) < 4.78 is 22.9. The second kappa shape index (κ2) is 7.92. The van der Waals surface area contributed by atoms with E-state index in [0.717, 1.165) is 11.3 Å². The van der Waals surface area contributed by atoms with Crippen molar-refractivity contribution < 1.29 is 13.2 Å². The third-order valence-electron chi connectivity index (χ3n) is 3.55. The summed E-state index contributed by atoms with van der Waals surface area (Å²) >= 11 is 0. The van der Waals surface area contributed by atoms with Crippen LogP contribution in [0.1, 0.15) is 24.2 Å². The molecule has 1 atom stereocenters. The molecule has 0 saturated carbocycles. The molecule has 2 aromatic rings. The van der Waals surface area contributed by atoms with Gasteiger partial charge in [-0.3, -0.25) is 4.98 Å². The Morgan fingerprint density at radius 3 is 2.46 bits per heavy atom. The van der Waals surface area contributed by atoms with E-state index in [2.05, 4.69) is 15.6 Å². The Kier molecular flexibility index (Phi) is 5.92. The van der Waals surface area contributed by atoms with E-state index >= 15 is 0 Å². The molecule has 0 aliphatic carbocycles. The van der Waals surface area contributed by atoms with E-state index in [4.69, 9.17) is 0 Å². The fourth-order valence-corrected chi connectivity index (χ4v) is 2.82. The lowest BCUT2D eigenvalue weighted by Crippen LogP contribution is -2.38. The van der Waals surface area contributed by atoms with Gasteiger partial charge in [0.05, 0.1) is 10.9 Å². The molecule has 2 N–H and O–H groups in total. The number of hydrogen-bond acceptors (Lipinski definition) is 4. The minimum Gasteiger partial charge on any atom is -0.338 e. The number of nitrogens with one attached hydrogen (secondary N) is 2. The smallest absolute Gasteiger partial charge is 0.315 e.